The fourth-order valence-corrected chi connectivity index (χ4v) is 2.31. The van der Waals surface area contributed by atoms with Crippen molar-refractivity contribution in [1.29, 1.82) is 5.26 Å². The van der Waals surface area contributed by atoms with Crippen LogP contribution in [0.1, 0.15) is 38.2 Å². The van der Waals surface area contributed by atoms with Crippen molar-refractivity contribution in [3.05, 3.63) is 23.8 Å². The quantitative estimate of drug-likeness (QED) is 0.797. The van der Waals surface area contributed by atoms with Gasteiger partial charge in [0.1, 0.15) is 0 Å². The van der Waals surface area contributed by atoms with Crippen LogP contribution in [-0.2, 0) is 6.42 Å². The highest BCUT2D eigenvalue weighted by Gasteiger charge is 2.18. The van der Waals surface area contributed by atoms with Crippen LogP contribution in [0, 0.1) is 11.3 Å². The molecule has 0 radical (unpaired) electrons. The highest BCUT2D eigenvalue weighted by Crippen LogP contribution is 2.32. The van der Waals surface area contributed by atoms with Crippen LogP contribution in [0.25, 0.3) is 0 Å². The molecule has 0 aromatic heterocycles. The number of hydrogen-bond acceptors (Lipinski definition) is 3. The van der Waals surface area contributed by atoms with Crippen LogP contribution in [0.15, 0.2) is 18.2 Å². The fraction of sp³-hybridized carbons (Fsp3) is 0.533. The Bertz CT molecular complexity index is 431. The lowest BCUT2D eigenvalue weighted by molar-refractivity contribution is 0.196. The zero-order valence-corrected chi connectivity index (χ0v) is 10.8. The molecule has 1 fully saturated rings. The smallest absolute Gasteiger partial charge is 0.161 e. The van der Waals surface area contributed by atoms with E-state index in [1.54, 1.807) is 0 Å². The molecular weight excluding hydrogens is 226 g/mol. The molecule has 1 aromatic carbocycles. The molecule has 0 N–H and O–H groups in total. The molecule has 0 unspecified atom stereocenters. The third-order valence-corrected chi connectivity index (χ3v) is 3.19. The second-order valence-electron chi connectivity index (χ2n) is 4.57. The maximum absolute atomic E-state index is 8.75. The molecule has 1 saturated carbocycles. The van der Waals surface area contributed by atoms with E-state index in [4.69, 9.17) is 14.7 Å². The molecule has 1 aromatic rings. The van der Waals surface area contributed by atoms with Crippen LogP contribution in [0.3, 0.4) is 0 Å². The molecule has 0 aliphatic heterocycles. The van der Waals surface area contributed by atoms with Crippen molar-refractivity contribution >= 4 is 0 Å². The average molecular weight is 245 g/mol. The van der Waals surface area contributed by atoms with Gasteiger partial charge in [0.15, 0.2) is 11.5 Å². The van der Waals surface area contributed by atoms with Gasteiger partial charge < -0.3 is 9.47 Å². The van der Waals surface area contributed by atoms with Gasteiger partial charge in [0.05, 0.1) is 25.2 Å². The maximum Gasteiger partial charge on any atom is 0.161 e. The minimum absolute atomic E-state index is 0.307. The first-order valence-corrected chi connectivity index (χ1v) is 6.62. The van der Waals surface area contributed by atoms with Gasteiger partial charge in [0.25, 0.3) is 0 Å². The molecule has 0 amide bonds. The molecule has 0 saturated heterocycles. The third-order valence-electron chi connectivity index (χ3n) is 3.19. The zero-order valence-electron chi connectivity index (χ0n) is 10.8. The second-order valence-corrected chi connectivity index (χ2v) is 4.57. The monoisotopic (exact) mass is 245 g/mol. The Morgan fingerprint density at radius 3 is 2.72 bits per heavy atom. The van der Waals surface area contributed by atoms with Gasteiger partial charge in [-0.25, -0.2) is 0 Å². The van der Waals surface area contributed by atoms with E-state index >= 15 is 0 Å². The summed E-state index contributed by atoms with van der Waals surface area (Å²) in [4.78, 5) is 0. The van der Waals surface area contributed by atoms with Crippen molar-refractivity contribution in [2.45, 2.75) is 45.1 Å². The van der Waals surface area contributed by atoms with Crippen LogP contribution in [0.5, 0.6) is 11.5 Å². The van der Waals surface area contributed by atoms with Crippen LogP contribution in [0.2, 0.25) is 0 Å². The van der Waals surface area contributed by atoms with E-state index in [0.29, 0.717) is 19.1 Å². The molecule has 3 nitrogen and oxygen atoms in total. The largest absolute Gasteiger partial charge is 0.490 e. The van der Waals surface area contributed by atoms with Gasteiger partial charge in [0.2, 0.25) is 0 Å². The van der Waals surface area contributed by atoms with Gasteiger partial charge in [-0.3, -0.25) is 0 Å². The summed E-state index contributed by atoms with van der Waals surface area (Å²) in [5.74, 6) is 1.57. The lowest BCUT2D eigenvalue weighted by atomic mass is 10.1. The third kappa shape index (κ3) is 3.16. The first kappa shape index (κ1) is 12.8. The Morgan fingerprint density at radius 1 is 1.28 bits per heavy atom. The summed E-state index contributed by atoms with van der Waals surface area (Å²) < 4.78 is 11.6. The number of rotatable bonds is 5. The first-order valence-electron chi connectivity index (χ1n) is 6.62. The van der Waals surface area contributed by atoms with Crippen molar-refractivity contribution in [3.8, 4) is 17.6 Å². The van der Waals surface area contributed by atoms with E-state index in [1.807, 2.05) is 25.1 Å². The number of hydrogen-bond donors (Lipinski definition) is 0. The van der Waals surface area contributed by atoms with E-state index in [-0.39, 0.29) is 0 Å². The summed E-state index contributed by atoms with van der Waals surface area (Å²) in [5, 5.41) is 8.75. The predicted molar refractivity (Wildman–Crippen MR) is 69.8 cm³/mol. The Labute approximate surface area is 108 Å². The van der Waals surface area contributed by atoms with Crippen molar-refractivity contribution in [3.63, 3.8) is 0 Å². The van der Waals surface area contributed by atoms with Crippen molar-refractivity contribution in [2.75, 3.05) is 6.61 Å². The molecule has 3 heteroatoms. The van der Waals surface area contributed by atoms with Crippen LogP contribution in [-0.4, -0.2) is 12.7 Å². The van der Waals surface area contributed by atoms with Gasteiger partial charge in [-0.05, 0) is 50.3 Å². The lowest BCUT2D eigenvalue weighted by Gasteiger charge is -2.17. The van der Waals surface area contributed by atoms with Gasteiger partial charge in [-0.2, -0.15) is 5.26 Å². The van der Waals surface area contributed by atoms with Crippen LogP contribution < -0.4 is 9.47 Å². The summed E-state index contributed by atoms with van der Waals surface area (Å²) in [6, 6.07) is 7.93. The molecule has 1 aliphatic carbocycles. The molecule has 0 spiro atoms. The Hall–Kier alpha value is -1.69. The van der Waals surface area contributed by atoms with E-state index in [9.17, 15) is 0 Å². The molecule has 0 heterocycles. The van der Waals surface area contributed by atoms with E-state index in [2.05, 4.69) is 6.07 Å². The zero-order chi connectivity index (χ0) is 12.8. The minimum atomic E-state index is 0.307. The normalized spacial score (nSPS) is 15.3. The molecule has 18 heavy (non-hydrogen) atoms. The number of nitrogens with zero attached hydrogens (tertiary/aromatic N) is 1. The molecule has 0 bridgehead atoms. The van der Waals surface area contributed by atoms with Gasteiger partial charge >= 0.3 is 0 Å². The van der Waals surface area contributed by atoms with Gasteiger partial charge in [-0.1, -0.05) is 6.07 Å². The molecule has 0 atom stereocenters. The maximum atomic E-state index is 8.75. The standard InChI is InChI=1S/C15H19NO2/c1-2-17-14-8-7-12(9-10-16)11-15(14)18-13-5-3-4-6-13/h7-8,11,13H,2-6,9H2,1H3. The summed E-state index contributed by atoms with van der Waals surface area (Å²) in [6.07, 6.45) is 5.44. The van der Waals surface area contributed by atoms with Crippen molar-refractivity contribution < 1.29 is 9.47 Å². The second kappa shape index (κ2) is 6.30. The summed E-state index contributed by atoms with van der Waals surface area (Å²) in [6.45, 7) is 2.58. The predicted octanol–water partition coefficient (Wildman–Crippen LogP) is 3.47. The van der Waals surface area contributed by atoms with Crippen molar-refractivity contribution in [2.24, 2.45) is 0 Å². The first-order chi connectivity index (χ1) is 8.83. The highest BCUT2D eigenvalue weighted by atomic mass is 16.5. The molecule has 1 aliphatic rings. The van der Waals surface area contributed by atoms with E-state index in [0.717, 1.165) is 29.9 Å². The Morgan fingerprint density at radius 2 is 2.06 bits per heavy atom. The SMILES string of the molecule is CCOc1ccc(CC#N)cc1OC1CCCC1. The number of nitriles is 1. The lowest BCUT2D eigenvalue weighted by Crippen LogP contribution is -2.12. The van der Waals surface area contributed by atoms with Crippen LogP contribution in [0.4, 0.5) is 0 Å². The number of ether oxygens (including phenoxy) is 2. The van der Waals surface area contributed by atoms with Gasteiger partial charge in [-0.15, -0.1) is 0 Å². The van der Waals surface area contributed by atoms with Crippen molar-refractivity contribution in [1.82, 2.24) is 0 Å². The highest BCUT2D eigenvalue weighted by molar-refractivity contribution is 5.43. The van der Waals surface area contributed by atoms with Gasteiger partial charge in [0, 0.05) is 0 Å². The van der Waals surface area contributed by atoms with E-state index < -0.39 is 0 Å². The minimum Gasteiger partial charge on any atom is -0.490 e. The molecular formula is C15H19NO2. The topological polar surface area (TPSA) is 42.2 Å². The average Bonchev–Trinajstić information content (AvgIpc) is 2.86. The Balaban J connectivity index is 2.16. The van der Waals surface area contributed by atoms with Crippen LogP contribution >= 0.6 is 0 Å². The molecule has 96 valence electrons. The fourth-order valence-electron chi connectivity index (χ4n) is 2.31. The number of benzene rings is 1. The van der Waals surface area contributed by atoms with E-state index in [1.165, 1.54) is 12.8 Å². The summed E-state index contributed by atoms with van der Waals surface area (Å²) in [7, 11) is 0. The Kier molecular flexibility index (Phi) is 4.46. The summed E-state index contributed by atoms with van der Waals surface area (Å²) >= 11 is 0. The molecule has 2 rings (SSSR count). The summed E-state index contributed by atoms with van der Waals surface area (Å²) in [5.41, 5.74) is 0.981.